The summed E-state index contributed by atoms with van der Waals surface area (Å²) in [5.41, 5.74) is 0. The highest BCUT2D eigenvalue weighted by Gasteiger charge is 2.25. The van der Waals surface area contributed by atoms with Crippen LogP contribution in [-0.2, 0) is 16.4 Å². The van der Waals surface area contributed by atoms with Gasteiger partial charge in [-0.1, -0.05) is 12.2 Å². The molecule has 1 aliphatic rings. The molecule has 2 heterocycles. The van der Waals surface area contributed by atoms with Crippen LogP contribution in [0.15, 0.2) is 28.5 Å². The summed E-state index contributed by atoms with van der Waals surface area (Å²) < 4.78 is 26.7. The summed E-state index contributed by atoms with van der Waals surface area (Å²) >= 11 is 1.38. The largest absolute Gasteiger partial charge is 0.319 e. The highest BCUT2D eigenvalue weighted by molar-refractivity contribution is 7.91. The van der Waals surface area contributed by atoms with Crippen LogP contribution in [0.25, 0.3) is 0 Å². The van der Waals surface area contributed by atoms with Gasteiger partial charge in [0.1, 0.15) is 4.21 Å². The summed E-state index contributed by atoms with van der Waals surface area (Å²) in [4.78, 5) is 1.11. The molecule has 0 fully saturated rings. The molecule has 0 saturated carbocycles. The van der Waals surface area contributed by atoms with Crippen LogP contribution in [0, 0.1) is 0 Å². The Morgan fingerprint density at radius 2 is 2.22 bits per heavy atom. The van der Waals surface area contributed by atoms with Gasteiger partial charge in [-0.3, -0.25) is 0 Å². The van der Waals surface area contributed by atoms with Gasteiger partial charge in [-0.25, -0.2) is 8.42 Å². The first-order chi connectivity index (χ1) is 8.64. The van der Waals surface area contributed by atoms with Crippen molar-refractivity contribution in [3.05, 3.63) is 29.2 Å². The van der Waals surface area contributed by atoms with Crippen molar-refractivity contribution in [2.45, 2.75) is 17.1 Å². The van der Waals surface area contributed by atoms with Gasteiger partial charge in [0, 0.05) is 18.0 Å². The van der Waals surface area contributed by atoms with Crippen molar-refractivity contribution in [3.8, 4) is 0 Å². The molecule has 0 atom stereocenters. The average molecular weight is 286 g/mol. The Morgan fingerprint density at radius 1 is 1.39 bits per heavy atom. The van der Waals surface area contributed by atoms with Crippen LogP contribution in [0.5, 0.6) is 0 Å². The van der Waals surface area contributed by atoms with Crippen molar-refractivity contribution in [2.24, 2.45) is 0 Å². The Hall–Kier alpha value is -0.690. The van der Waals surface area contributed by atoms with Crippen molar-refractivity contribution in [3.63, 3.8) is 0 Å². The van der Waals surface area contributed by atoms with E-state index in [0.29, 0.717) is 17.3 Å². The zero-order chi connectivity index (χ0) is 13.0. The topological polar surface area (TPSA) is 49.4 Å². The maximum Gasteiger partial charge on any atom is 0.252 e. The van der Waals surface area contributed by atoms with Crippen LogP contribution in [0.1, 0.15) is 11.3 Å². The van der Waals surface area contributed by atoms with E-state index in [0.717, 1.165) is 24.3 Å². The molecule has 0 spiro atoms. The van der Waals surface area contributed by atoms with Crippen molar-refractivity contribution in [2.75, 3.05) is 26.7 Å². The summed E-state index contributed by atoms with van der Waals surface area (Å²) in [6.07, 6.45) is 5.61. The summed E-state index contributed by atoms with van der Waals surface area (Å²) in [6, 6.07) is 3.64. The summed E-state index contributed by atoms with van der Waals surface area (Å²) in [6.45, 7) is 1.95. The minimum atomic E-state index is -3.29. The lowest BCUT2D eigenvalue weighted by Crippen LogP contribution is -2.33. The summed E-state index contributed by atoms with van der Waals surface area (Å²) in [7, 11) is -1.39. The molecular weight excluding hydrogens is 268 g/mol. The van der Waals surface area contributed by atoms with Gasteiger partial charge >= 0.3 is 0 Å². The van der Waals surface area contributed by atoms with E-state index >= 15 is 0 Å². The molecule has 0 aromatic carbocycles. The number of hydrogen-bond acceptors (Lipinski definition) is 4. The minimum Gasteiger partial charge on any atom is -0.319 e. The molecule has 1 aromatic heterocycles. The van der Waals surface area contributed by atoms with Crippen LogP contribution in [0.4, 0.5) is 0 Å². The molecule has 1 N–H and O–H groups in total. The van der Waals surface area contributed by atoms with E-state index in [9.17, 15) is 8.42 Å². The van der Waals surface area contributed by atoms with Gasteiger partial charge in [0.2, 0.25) is 0 Å². The smallest absolute Gasteiger partial charge is 0.252 e. The molecule has 100 valence electrons. The predicted octanol–water partition coefficient (Wildman–Crippen LogP) is 1.46. The van der Waals surface area contributed by atoms with E-state index in [-0.39, 0.29) is 0 Å². The highest BCUT2D eigenvalue weighted by atomic mass is 32.2. The van der Waals surface area contributed by atoms with Gasteiger partial charge < -0.3 is 5.32 Å². The maximum absolute atomic E-state index is 12.4. The third kappa shape index (κ3) is 3.00. The molecule has 0 saturated heterocycles. The van der Waals surface area contributed by atoms with Crippen molar-refractivity contribution in [1.29, 1.82) is 0 Å². The number of sulfonamides is 1. The molecule has 1 aromatic rings. The van der Waals surface area contributed by atoms with Gasteiger partial charge in [0.05, 0.1) is 0 Å². The third-order valence-corrected chi connectivity index (χ3v) is 6.35. The second kappa shape index (κ2) is 5.97. The van der Waals surface area contributed by atoms with Crippen LogP contribution >= 0.6 is 11.3 Å². The van der Waals surface area contributed by atoms with E-state index in [1.807, 2.05) is 25.3 Å². The third-order valence-electron chi connectivity index (χ3n) is 2.87. The van der Waals surface area contributed by atoms with E-state index in [1.165, 1.54) is 11.3 Å². The quantitative estimate of drug-likeness (QED) is 0.834. The van der Waals surface area contributed by atoms with Crippen molar-refractivity contribution < 1.29 is 8.42 Å². The Kier molecular flexibility index (Phi) is 4.55. The molecule has 6 heteroatoms. The average Bonchev–Trinajstić information content (AvgIpc) is 2.87. The lowest BCUT2D eigenvalue weighted by molar-refractivity contribution is 0.439. The van der Waals surface area contributed by atoms with Gasteiger partial charge in [0.25, 0.3) is 10.0 Å². The highest BCUT2D eigenvalue weighted by Crippen LogP contribution is 2.26. The zero-order valence-corrected chi connectivity index (χ0v) is 12.1. The predicted molar refractivity (Wildman–Crippen MR) is 74.5 cm³/mol. The molecule has 1 aliphatic heterocycles. The van der Waals surface area contributed by atoms with E-state index in [2.05, 4.69) is 5.32 Å². The second-order valence-corrected chi connectivity index (χ2v) is 7.53. The number of thiophene rings is 1. The van der Waals surface area contributed by atoms with E-state index < -0.39 is 10.0 Å². The summed E-state index contributed by atoms with van der Waals surface area (Å²) in [5.74, 6) is 0. The van der Waals surface area contributed by atoms with Gasteiger partial charge in [-0.15, -0.1) is 11.3 Å². The van der Waals surface area contributed by atoms with Gasteiger partial charge in [0.15, 0.2) is 0 Å². The lowest BCUT2D eigenvalue weighted by atomic mass is 10.3. The van der Waals surface area contributed by atoms with Crippen LogP contribution in [0.2, 0.25) is 0 Å². The molecule has 4 nitrogen and oxygen atoms in total. The maximum atomic E-state index is 12.4. The molecule has 0 unspecified atom stereocenters. The number of rotatable bonds is 5. The molecule has 18 heavy (non-hydrogen) atoms. The molecule has 0 radical (unpaired) electrons. The van der Waals surface area contributed by atoms with Crippen LogP contribution < -0.4 is 5.32 Å². The SMILES string of the molecule is CNCCc1ccc(S(=O)(=O)N2CC=CCC2)s1. The first-order valence-electron chi connectivity index (χ1n) is 6.03. The van der Waals surface area contributed by atoms with Crippen molar-refractivity contribution >= 4 is 21.4 Å². The Morgan fingerprint density at radius 3 is 2.89 bits per heavy atom. The fourth-order valence-corrected chi connectivity index (χ4v) is 4.76. The Bertz CT molecular complexity index is 520. The molecule has 0 aliphatic carbocycles. The summed E-state index contributed by atoms with van der Waals surface area (Å²) in [5, 5.41) is 3.07. The monoisotopic (exact) mass is 286 g/mol. The fourth-order valence-electron chi connectivity index (χ4n) is 1.84. The van der Waals surface area contributed by atoms with E-state index in [4.69, 9.17) is 0 Å². The zero-order valence-electron chi connectivity index (χ0n) is 10.4. The Balaban J connectivity index is 2.14. The second-order valence-electron chi connectivity index (χ2n) is 4.20. The number of nitrogens with one attached hydrogen (secondary N) is 1. The number of nitrogens with zero attached hydrogens (tertiary/aromatic N) is 1. The van der Waals surface area contributed by atoms with Crippen LogP contribution in [-0.4, -0.2) is 39.4 Å². The lowest BCUT2D eigenvalue weighted by Gasteiger charge is -2.21. The molecular formula is C12H18N2O2S2. The first kappa shape index (κ1) is 13.7. The number of hydrogen-bond donors (Lipinski definition) is 1. The Labute approximate surface area is 112 Å². The normalized spacial score (nSPS) is 17.2. The number of likely N-dealkylation sites (N-methyl/N-ethyl adjacent to an activating group) is 1. The molecule has 0 amide bonds. The first-order valence-corrected chi connectivity index (χ1v) is 8.28. The van der Waals surface area contributed by atoms with Gasteiger partial charge in [-0.2, -0.15) is 4.31 Å². The van der Waals surface area contributed by atoms with Crippen LogP contribution in [0.3, 0.4) is 0 Å². The van der Waals surface area contributed by atoms with Crippen molar-refractivity contribution in [1.82, 2.24) is 9.62 Å². The minimum absolute atomic E-state index is 0.462. The molecule has 0 bridgehead atoms. The standard InChI is InChI=1S/C12H18N2O2S2/c1-13-8-7-11-5-6-12(17-11)18(15,16)14-9-3-2-4-10-14/h2-3,5-6,13H,4,7-10H2,1H3. The van der Waals surface area contributed by atoms with Gasteiger partial charge in [-0.05, 0) is 38.6 Å². The molecule has 2 rings (SSSR count). The van der Waals surface area contributed by atoms with E-state index in [1.54, 1.807) is 10.4 Å². The fraction of sp³-hybridized carbons (Fsp3) is 0.500.